The molecule has 0 unspecified atom stereocenters. The molecule has 150 valence electrons. The summed E-state index contributed by atoms with van der Waals surface area (Å²) in [7, 11) is 0. The molecule has 0 spiro atoms. The van der Waals surface area contributed by atoms with Gasteiger partial charge in [-0.15, -0.1) is 23.7 Å². The van der Waals surface area contributed by atoms with Crippen molar-refractivity contribution in [1.82, 2.24) is 4.90 Å². The van der Waals surface area contributed by atoms with Crippen LogP contribution >= 0.6 is 35.3 Å². The van der Waals surface area contributed by atoms with Gasteiger partial charge in [0.05, 0.1) is 5.56 Å². The standard InChI is InChI=1S/C19H21ClN4O2S.ClH/c20-12-3-5-13(6-4-12)22-19(26)23-18-16(17(21)25)14-7-8-24(9-11-1-2-11)10-15(14)27-18;/h3-6,11H,1-2,7-10H2,(H2,21,25)(H2,22,23,26);1H. The number of hydrogen-bond acceptors (Lipinski definition) is 4. The van der Waals surface area contributed by atoms with Crippen molar-refractivity contribution < 1.29 is 9.59 Å². The molecule has 0 saturated heterocycles. The maximum absolute atomic E-state index is 12.4. The van der Waals surface area contributed by atoms with Gasteiger partial charge >= 0.3 is 6.03 Å². The van der Waals surface area contributed by atoms with E-state index in [1.807, 2.05) is 0 Å². The van der Waals surface area contributed by atoms with Crippen molar-refractivity contribution in [3.63, 3.8) is 0 Å². The lowest BCUT2D eigenvalue weighted by atomic mass is 10.0. The molecule has 28 heavy (non-hydrogen) atoms. The van der Waals surface area contributed by atoms with Gasteiger partial charge in [0.25, 0.3) is 5.91 Å². The van der Waals surface area contributed by atoms with E-state index in [2.05, 4.69) is 15.5 Å². The lowest BCUT2D eigenvalue weighted by molar-refractivity contribution is 0.1000. The molecular formula is C19H22Cl2N4O2S. The molecule has 1 aliphatic heterocycles. The molecule has 0 radical (unpaired) electrons. The van der Waals surface area contributed by atoms with Crippen LogP contribution < -0.4 is 16.4 Å². The molecule has 1 fully saturated rings. The molecule has 2 heterocycles. The molecule has 9 heteroatoms. The lowest BCUT2D eigenvalue weighted by Crippen LogP contribution is -2.32. The minimum absolute atomic E-state index is 0. The molecular weight excluding hydrogens is 419 g/mol. The number of thiophene rings is 1. The first-order valence-corrected chi connectivity index (χ1v) is 10.2. The number of nitrogens with two attached hydrogens (primary N) is 1. The SMILES string of the molecule is Cl.NC(=O)c1c(NC(=O)Nc2ccc(Cl)cc2)sc2c1CCN(CC1CC1)C2. The molecule has 3 amide bonds. The second kappa shape index (κ2) is 8.69. The Hall–Kier alpha value is -1.80. The Morgan fingerprint density at radius 3 is 2.57 bits per heavy atom. The van der Waals surface area contributed by atoms with E-state index >= 15 is 0 Å². The number of hydrogen-bond donors (Lipinski definition) is 3. The Labute approximate surface area is 178 Å². The second-order valence-corrected chi connectivity index (χ2v) is 8.63. The summed E-state index contributed by atoms with van der Waals surface area (Å²) in [6, 6.07) is 6.42. The number of benzene rings is 1. The first kappa shape index (κ1) is 20.9. The minimum atomic E-state index is -0.495. The van der Waals surface area contributed by atoms with E-state index in [-0.39, 0.29) is 12.4 Å². The molecule has 1 aromatic heterocycles. The number of rotatable bonds is 5. The monoisotopic (exact) mass is 440 g/mol. The number of nitrogens with one attached hydrogen (secondary N) is 2. The fourth-order valence-corrected chi connectivity index (χ4v) is 4.84. The third-order valence-electron chi connectivity index (χ3n) is 4.92. The first-order valence-electron chi connectivity index (χ1n) is 9.00. The predicted octanol–water partition coefficient (Wildman–Crippen LogP) is 4.33. The number of anilines is 2. The first-order chi connectivity index (χ1) is 13.0. The Morgan fingerprint density at radius 2 is 1.93 bits per heavy atom. The summed E-state index contributed by atoms with van der Waals surface area (Å²) < 4.78 is 0. The van der Waals surface area contributed by atoms with Gasteiger partial charge in [-0.3, -0.25) is 15.0 Å². The highest BCUT2D eigenvalue weighted by molar-refractivity contribution is 7.17. The van der Waals surface area contributed by atoms with Gasteiger partial charge < -0.3 is 11.1 Å². The van der Waals surface area contributed by atoms with Crippen LogP contribution in [0.4, 0.5) is 15.5 Å². The maximum atomic E-state index is 12.4. The van der Waals surface area contributed by atoms with Gasteiger partial charge in [0.2, 0.25) is 0 Å². The van der Waals surface area contributed by atoms with E-state index in [9.17, 15) is 9.59 Å². The quantitative estimate of drug-likeness (QED) is 0.645. The van der Waals surface area contributed by atoms with Crippen LogP contribution in [0, 0.1) is 5.92 Å². The summed E-state index contributed by atoms with van der Waals surface area (Å²) >= 11 is 7.30. The Bertz CT molecular complexity index is 881. The van der Waals surface area contributed by atoms with Crippen LogP contribution in [0.2, 0.25) is 5.02 Å². The van der Waals surface area contributed by atoms with E-state index in [0.29, 0.717) is 21.3 Å². The van der Waals surface area contributed by atoms with Gasteiger partial charge in [0, 0.05) is 35.2 Å². The van der Waals surface area contributed by atoms with Gasteiger partial charge in [0.1, 0.15) is 5.00 Å². The van der Waals surface area contributed by atoms with Crippen LogP contribution in [0.1, 0.15) is 33.6 Å². The van der Waals surface area contributed by atoms with Crippen molar-refractivity contribution >= 4 is 58.0 Å². The molecule has 0 bridgehead atoms. The number of fused-ring (bicyclic) bond motifs is 1. The van der Waals surface area contributed by atoms with E-state index in [0.717, 1.165) is 42.4 Å². The van der Waals surface area contributed by atoms with Gasteiger partial charge in [-0.2, -0.15) is 0 Å². The molecule has 0 atom stereocenters. The number of primary amides is 1. The minimum Gasteiger partial charge on any atom is -0.365 e. The van der Waals surface area contributed by atoms with E-state index in [4.69, 9.17) is 17.3 Å². The molecule has 2 aromatic rings. The van der Waals surface area contributed by atoms with E-state index in [1.165, 1.54) is 24.2 Å². The van der Waals surface area contributed by atoms with Crippen molar-refractivity contribution in [2.45, 2.75) is 25.8 Å². The number of urea groups is 1. The maximum Gasteiger partial charge on any atom is 0.324 e. The third-order valence-corrected chi connectivity index (χ3v) is 6.31. The topological polar surface area (TPSA) is 87.5 Å². The number of nitrogens with zero attached hydrogens (tertiary/aromatic N) is 1. The van der Waals surface area contributed by atoms with Gasteiger partial charge in [0.15, 0.2) is 0 Å². The summed E-state index contributed by atoms with van der Waals surface area (Å²) in [4.78, 5) is 27.9. The third kappa shape index (κ3) is 4.78. The highest BCUT2D eigenvalue weighted by Gasteiger charge is 2.30. The molecule has 4 rings (SSSR count). The van der Waals surface area contributed by atoms with Gasteiger partial charge in [-0.25, -0.2) is 4.79 Å². The molecule has 6 nitrogen and oxygen atoms in total. The average molecular weight is 441 g/mol. The summed E-state index contributed by atoms with van der Waals surface area (Å²) in [5, 5.41) is 6.66. The Balaban J connectivity index is 0.00000225. The molecule has 2 aliphatic rings. The van der Waals surface area contributed by atoms with Crippen molar-refractivity contribution in [3.8, 4) is 0 Å². The van der Waals surface area contributed by atoms with Crippen LogP contribution in [-0.2, 0) is 13.0 Å². The normalized spacial score (nSPS) is 16.0. The largest absolute Gasteiger partial charge is 0.365 e. The highest BCUT2D eigenvalue weighted by atomic mass is 35.5. The van der Waals surface area contributed by atoms with Crippen LogP contribution in [-0.4, -0.2) is 29.9 Å². The number of halogens is 2. The average Bonchev–Trinajstić information content (AvgIpc) is 3.35. The molecule has 4 N–H and O–H groups in total. The van der Waals surface area contributed by atoms with Gasteiger partial charge in [-0.05, 0) is 55.0 Å². The summed E-state index contributed by atoms with van der Waals surface area (Å²) in [5.41, 5.74) is 7.68. The zero-order valence-electron chi connectivity index (χ0n) is 15.2. The van der Waals surface area contributed by atoms with Crippen LogP contribution in [0.25, 0.3) is 0 Å². The van der Waals surface area contributed by atoms with Crippen molar-refractivity contribution in [2.24, 2.45) is 11.7 Å². The summed E-state index contributed by atoms with van der Waals surface area (Å²) in [5.74, 6) is 0.329. The summed E-state index contributed by atoms with van der Waals surface area (Å²) in [6.45, 7) is 2.86. The zero-order valence-corrected chi connectivity index (χ0v) is 17.6. The van der Waals surface area contributed by atoms with E-state index in [1.54, 1.807) is 24.3 Å². The molecule has 1 aromatic carbocycles. The predicted molar refractivity (Wildman–Crippen MR) is 116 cm³/mol. The van der Waals surface area contributed by atoms with Crippen LogP contribution in [0.3, 0.4) is 0 Å². The van der Waals surface area contributed by atoms with Crippen LogP contribution in [0.5, 0.6) is 0 Å². The van der Waals surface area contributed by atoms with Crippen molar-refractivity contribution in [1.29, 1.82) is 0 Å². The number of carbonyl (C=O) groups excluding carboxylic acids is 2. The van der Waals surface area contributed by atoms with Crippen LogP contribution in [0.15, 0.2) is 24.3 Å². The molecule has 1 saturated carbocycles. The van der Waals surface area contributed by atoms with Crippen molar-refractivity contribution in [2.75, 3.05) is 23.7 Å². The van der Waals surface area contributed by atoms with Gasteiger partial charge in [-0.1, -0.05) is 11.6 Å². The number of amides is 3. The lowest BCUT2D eigenvalue weighted by Gasteiger charge is -2.26. The number of carbonyl (C=O) groups is 2. The second-order valence-electron chi connectivity index (χ2n) is 7.09. The Kier molecular flexibility index (Phi) is 6.50. The molecule has 1 aliphatic carbocycles. The fourth-order valence-electron chi connectivity index (χ4n) is 3.43. The smallest absolute Gasteiger partial charge is 0.324 e. The Morgan fingerprint density at radius 1 is 1.21 bits per heavy atom. The van der Waals surface area contributed by atoms with E-state index < -0.39 is 11.9 Å². The summed E-state index contributed by atoms with van der Waals surface area (Å²) in [6.07, 6.45) is 3.42. The fraction of sp³-hybridized carbons (Fsp3) is 0.368. The highest BCUT2D eigenvalue weighted by Crippen LogP contribution is 2.38. The zero-order chi connectivity index (χ0) is 19.0. The van der Waals surface area contributed by atoms with Crippen molar-refractivity contribution in [3.05, 3.63) is 45.3 Å².